The van der Waals surface area contributed by atoms with Crippen LogP contribution in [0.25, 0.3) is 0 Å². The lowest BCUT2D eigenvalue weighted by molar-refractivity contribution is 0.245. The molecule has 4 N–H and O–H groups in total. The van der Waals surface area contributed by atoms with Crippen molar-refractivity contribution in [3.8, 4) is 0 Å². The Morgan fingerprint density at radius 1 is 1.13 bits per heavy atom. The third kappa shape index (κ3) is 4.53. The van der Waals surface area contributed by atoms with Crippen molar-refractivity contribution in [3.05, 3.63) is 64.7 Å². The van der Waals surface area contributed by atoms with Gasteiger partial charge in [-0.1, -0.05) is 41.4 Å². The highest BCUT2D eigenvalue weighted by molar-refractivity contribution is 7.89. The van der Waals surface area contributed by atoms with Gasteiger partial charge in [0.25, 0.3) is 0 Å². The molecule has 5 nitrogen and oxygen atoms in total. The van der Waals surface area contributed by atoms with Gasteiger partial charge in [0.1, 0.15) is 0 Å². The van der Waals surface area contributed by atoms with Crippen molar-refractivity contribution in [2.75, 3.05) is 6.61 Å². The Bertz CT molecular complexity index is 746. The summed E-state index contributed by atoms with van der Waals surface area (Å²) >= 11 is 5.85. The van der Waals surface area contributed by atoms with Gasteiger partial charge in [0.2, 0.25) is 10.0 Å². The highest BCUT2D eigenvalue weighted by atomic mass is 35.5. The van der Waals surface area contributed by atoms with Crippen molar-refractivity contribution in [1.29, 1.82) is 0 Å². The first-order valence-corrected chi connectivity index (χ1v) is 8.90. The second-order valence-electron chi connectivity index (χ2n) is 5.31. The van der Waals surface area contributed by atoms with E-state index in [4.69, 9.17) is 17.3 Å². The Morgan fingerprint density at radius 2 is 1.70 bits per heavy atom. The lowest BCUT2D eigenvalue weighted by Gasteiger charge is -2.24. The van der Waals surface area contributed by atoms with Gasteiger partial charge in [0, 0.05) is 11.1 Å². The van der Waals surface area contributed by atoms with Gasteiger partial charge in [0.05, 0.1) is 17.5 Å². The van der Waals surface area contributed by atoms with Crippen LogP contribution < -0.4 is 10.5 Å². The molecule has 0 radical (unpaired) electrons. The molecule has 2 rings (SSSR count). The van der Waals surface area contributed by atoms with Gasteiger partial charge in [-0.25, -0.2) is 13.1 Å². The van der Waals surface area contributed by atoms with Crippen molar-refractivity contribution >= 4 is 21.6 Å². The molecule has 0 saturated carbocycles. The zero-order chi connectivity index (χ0) is 17.0. The van der Waals surface area contributed by atoms with Crippen LogP contribution in [0.15, 0.2) is 53.4 Å². The Labute approximate surface area is 141 Å². The average Bonchev–Trinajstić information content (AvgIpc) is 2.53. The van der Waals surface area contributed by atoms with Gasteiger partial charge in [0.15, 0.2) is 0 Å². The Hall–Kier alpha value is -1.44. The summed E-state index contributed by atoms with van der Waals surface area (Å²) in [5.74, 6) is 0. The molecule has 0 fully saturated rings. The molecular formula is C16H19ClN2O3S. The predicted octanol–water partition coefficient (Wildman–Crippen LogP) is 1.99. The lowest BCUT2D eigenvalue weighted by atomic mass is 10.0. The summed E-state index contributed by atoms with van der Waals surface area (Å²) in [6, 6.07) is 11.6. The number of aryl methyl sites for hydroxylation is 1. The Balaban J connectivity index is 2.33. The first-order valence-electron chi connectivity index (χ1n) is 7.04. The van der Waals surface area contributed by atoms with Crippen LogP contribution in [0.2, 0.25) is 5.02 Å². The monoisotopic (exact) mass is 354 g/mol. The highest BCUT2D eigenvalue weighted by Gasteiger charge is 2.26. The number of hydrogen-bond acceptors (Lipinski definition) is 4. The third-order valence-corrected chi connectivity index (χ3v) is 5.19. The summed E-state index contributed by atoms with van der Waals surface area (Å²) < 4.78 is 27.6. The SMILES string of the molecule is Cc1ccc(S(=O)(=O)N[C@H](c2ccc(Cl)cc2)[C@@H](N)CO)cc1. The third-order valence-electron chi connectivity index (χ3n) is 3.48. The number of nitrogens with two attached hydrogens (primary N) is 1. The molecule has 7 heteroatoms. The number of hydrogen-bond donors (Lipinski definition) is 3. The smallest absolute Gasteiger partial charge is 0.241 e. The van der Waals surface area contributed by atoms with E-state index >= 15 is 0 Å². The zero-order valence-electron chi connectivity index (χ0n) is 12.6. The number of aliphatic hydroxyl groups excluding tert-OH is 1. The van der Waals surface area contributed by atoms with Crippen molar-refractivity contribution in [2.24, 2.45) is 5.73 Å². The van der Waals surface area contributed by atoms with Crippen molar-refractivity contribution in [1.82, 2.24) is 4.72 Å². The van der Waals surface area contributed by atoms with E-state index in [0.717, 1.165) is 5.56 Å². The molecule has 0 heterocycles. The van der Waals surface area contributed by atoms with E-state index < -0.39 is 22.1 Å². The number of rotatable bonds is 6. The maximum absolute atomic E-state index is 12.5. The molecule has 2 aromatic rings. The van der Waals surface area contributed by atoms with Crippen LogP contribution in [0.4, 0.5) is 0 Å². The van der Waals surface area contributed by atoms with Gasteiger partial charge < -0.3 is 10.8 Å². The van der Waals surface area contributed by atoms with Crippen molar-refractivity contribution in [3.63, 3.8) is 0 Å². The fourth-order valence-corrected chi connectivity index (χ4v) is 3.53. The van der Waals surface area contributed by atoms with Crippen LogP contribution in [0, 0.1) is 6.92 Å². The summed E-state index contributed by atoms with van der Waals surface area (Å²) in [5.41, 5.74) is 7.48. The summed E-state index contributed by atoms with van der Waals surface area (Å²) in [4.78, 5) is 0.146. The maximum atomic E-state index is 12.5. The average molecular weight is 355 g/mol. The second-order valence-corrected chi connectivity index (χ2v) is 7.46. The highest BCUT2D eigenvalue weighted by Crippen LogP contribution is 2.22. The van der Waals surface area contributed by atoms with Crippen LogP contribution in [-0.2, 0) is 10.0 Å². The molecule has 0 saturated heterocycles. The first kappa shape index (κ1) is 17.9. The molecule has 23 heavy (non-hydrogen) atoms. The van der Waals surface area contributed by atoms with E-state index in [-0.39, 0.29) is 11.5 Å². The van der Waals surface area contributed by atoms with E-state index in [1.807, 2.05) is 6.92 Å². The minimum Gasteiger partial charge on any atom is -0.395 e. The molecule has 0 aliphatic carbocycles. The first-order chi connectivity index (χ1) is 10.8. The van der Waals surface area contributed by atoms with Gasteiger partial charge in [-0.3, -0.25) is 0 Å². The van der Waals surface area contributed by atoms with Crippen LogP contribution in [0.1, 0.15) is 17.2 Å². The molecule has 0 bridgehead atoms. The summed E-state index contributed by atoms with van der Waals surface area (Å²) in [6.45, 7) is 1.52. The van der Waals surface area contributed by atoms with E-state index in [1.54, 1.807) is 36.4 Å². The quantitative estimate of drug-likeness (QED) is 0.739. The topological polar surface area (TPSA) is 92.4 Å². The molecule has 0 amide bonds. The molecular weight excluding hydrogens is 336 g/mol. The minimum atomic E-state index is -3.76. The largest absolute Gasteiger partial charge is 0.395 e. The maximum Gasteiger partial charge on any atom is 0.241 e. The number of aliphatic hydroxyl groups is 1. The molecule has 0 spiro atoms. The fourth-order valence-electron chi connectivity index (χ4n) is 2.13. The standard InChI is InChI=1S/C16H19ClN2O3S/c1-11-2-8-14(9-3-11)23(21,22)19-16(15(18)10-20)12-4-6-13(17)7-5-12/h2-9,15-16,19-20H,10,18H2,1H3/t15-,16+/m0/s1. The van der Waals surface area contributed by atoms with Gasteiger partial charge >= 0.3 is 0 Å². The fraction of sp³-hybridized carbons (Fsp3) is 0.250. The second kappa shape index (κ2) is 7.42. The normalized spacial score (nSPS) is 14.4. The van der Waals surface area contributed by atoms with E-state index in [2.05, 4.69) is 4.72 Å². The Morgan fingerprint density at radius 3 is 2.22 bits per heavy atom. The van der Waals surface area contributed by atoms with Gasteiger partial charge in [-0.05, 0) is 36.8 Å². The molecule has 0 unspecified atom stereocenters. The van der Waals surface area contributed by atoms with Crippen LogP contribution in [0.3, 0.4) is 0 Å². The van der Waals surface area contributed by atoms with Crippen LogP contribution in [-0.4, -0.2) is 26.2 Å². The summed E-state index contributed by atoms with van der Waals surface area (Å²) in [6.07, 6.45) is 0. The number of halogens is 1. The molecule has 0 aliphatic heterocycles. The number of sulfonamides is 1. The zero-order valence-corrected chi connectivity index (χ0v) is 14.2. The van der Waals surface area contributed by atoms with Crippen molar-refractivity contribution < 1.29 is 13.5 Å². The number of nitrogens with one attached hydrogen (secondary N) is 1. The summed E-state index contributed by atoms with van der Waals surface area (Å²) in [7, 11) is -3.76. The van der Waals surface area contributed by atoms with Gasteiger partial charge in [-0.2, -0.15) is 0 Å². The predicted molar refractivity (Wildman–Crippen MR) is 90.8 cm³/mol. The van der Waals surface area contributed by atoms with Gasteiger partial charge in [-0.15, -0.1) is 0 Å². The van der Waals surface area contributed by atoms with Crippen molar-refractivity contribution in [2.45, 2.75) is 23.9 Å². The molecule has 2 atom stereocenters. The van der Waals surface area contributed by atoms with Crippen LogP contribution in [0.5, 0.6) is 0 Å². The van der Waals surface area contributed by atoms with E-state index in [1.165, 1.54) is 12.1 Å². The molecule has 2 aromatic carbocycles. The molecule has 0 aliphatic rings. The Kier molecular flexibility index (Phi) is 5.78. The van der Waals surface area contributed by atoms with E-state index in [9.17, 15) is 13.5 Å². The van der Waals surface area contributed by atoms with E-state index in [0.29, 0.717) is 10.6 Å². The number of benzene rings is 2. The molecule has 0 aromatic heterocycles. The molecule has 124 valence electrons. The summed E-state index contributed by atoms with van der Waals surface area (Å²) in [5, 5.41) is 9.87. The minimum absolute atomic E-state index is 0.146. The van der Waals surface area contributed by atoms with Crippen LogP contribution >= 0.6 is 11.6 Å². The lowest BCUT2D eigenvalue weighted by Crippen LogP contribution is -2.42.